The molecule has 0 saturated heterocycles. The fraction of sp³-hybridized carbons (Fsp3) is 0.0645. The van der Waals surface area contributed by atoms with Gasteiger partial charge in [-0.25, -0.2) is 0 Å². The molecule has 0 bridgehead atoms. The fourth-order valence-electron chi connectivity index (χ4n) is 4.37. The van der Waals surface area contributed by atoms with Gasteiger partial charge in [0.15, 0.2) is 0 Å². The minimum absolute atomic E-state index is 0.0434. The normalized spacial score (nSPS) is 10.9. The van der Waals surface area contributed by atoms with E-state index in [0.717, 1.165) is 27.6 Å². The van der Waals surface area contributed by atoms with Crippen molar-refractivity contribution in [2.24, 2.45) is 0 Å². The van der Waals surface area contributed by atoms with E-state index in [1.807, 2.05) is 77.7 Å². The molecule has 0 saturated carbocycles. The van der Waals surface area contributed by atoms with Crippen LogP contribution in [0.15, 0.2) is 121 Å². The van der Waals surface area contributed by atoms with Crippen molar-refractivity contribution in [3.05, 3.63) is 143 Å². The highest BCUT2D eigenvalue weighted by molar-refractivity contribution is 6.31. The zero-order chi connectivity index (χ0) is 23.3. The van der Waals surface area contributed by atoms with Crippen molar-refractivity contribution < 1.29 is 4.79 Å². The molecule has 0 heterocycles. The molecule has 5 aromatic rings. The molecule has 0 radical (unpaired) electrons. The molecular weight excluding hydrogens is 438 g/mol. The highest BCUT2D eigenvalue weighted by atomic mass is 35.5. The molecule has 3 heteroatoms. The topological polar surface area (TPSA) is 20.3 Å². The van der Waals surface area contributed by atoms with Crippen LogP contribution in [0.1, 0.15) is 21.5 Å². The van der Waals surface area contributed by atoms with E-state index in [-0.39, 0.29) is 5.91 Å². The van der Waals surface area contributed by atoms with Gasteiger partial charge in [-0.1, -0.05) is 121 Å². The van der Waals surface area contributed by atoms with Crippen LogP contribution in [0.4, 0.5) is 0 Å². The Kier molecular flexibility index (Phi) is 6.42. The van der Waals surface area contributed by atoms with E-state index in [2.05, 4.69) is 42.5 Å². The summed E-state index contributed by atoms with van der Waals surface area (Å²) in [6.45, 7) is 0.999. The largest absolute Gasteiger partial charge is 0.330 e. The lowest BCUT2D eigenvalue weighted by Gasteiger charge is -2.25. The maximum absolute atomic E-state index is 14.1. The molecular formula is C31H24ClNO. The molecule has 5 aromatic carbocycles. The van der Waals surface area contributed by atoms with Crippen molar-refractivity contribution in [1.82, 2.24) is 4.90 Å². The molecule has 34 heavy (non-hydrogen) atoms. The van der Waals surface area contributed by atoms with Crippen LogP contribution in [0.5, 0.6) is 0 Å². The number of hydrogen-bond acceptors (Lipinski definition) is 1. The van der Waals surface area contributed by atoms with E-state index >= 15 is 0 Å². The summed E-state index contributed by atoms with van der Waals surface area (Å²) in [5.74, 6) is -0.0434. The number of rotatable bonds is 6. The molecule has 0 spiro atoms. The zero-order valence-corrected chi connectivity index (χ0v) is 19.5. The second-order valence-corrected chi connectivity index (χ2v) is 8.78. The van der Waals surface area contributed by atoms with E-state index in [0.29, 0.717) is 23.7 Å². The smallest absolute Gasteiger partial charge is 0.255 e. The van der Waals surface area contributed by atoms with Gasteiger partial charge in [0, 0.05) is 23.7 Å². The summed E-state index contributed by atoms with van der Waals surface area (Å²) in [6.07, 6.45) is 0. The molecule has 0 aromatic heterocycles. The lowest BCUT2D eigenvalue weighted by Crippen LogP contribution is -2.30. The summed E-state index contributed by atoms with van der Waals surface area (Å²) in [5, 5.41) is 2.87. The SMILES string of the molecule is O=C(c1cc(Cl)ccc1-c1ccccc1)N(Cc1ccccc1)Cc1cccc2ccccc12. The number of amides is 1. The molecule has 0 unspecified atom stereocenters. The first-order chi connectivity index (χ1) is 16.7. The van der Waals surface area contributed by atoms with E-state index < -0.39 is 0 Å². The van der Waals surface area contributed by atoms with Crippen LogP contribution >= 0.6 is 11.6 Å². The van der Waals surface area contributed by atoms with Gasteiger partial charge < -0.3 is 4.90 Å². The number of fused-ring (bicyclic) bond motifs is 1. The summed E-state index contributed by atoms with van der Waals surface area (Å²) >= 11 is 6.38. The standard InChI is InChI=1S/C31H24ClNO/c32-27-18-19-29(25-12-5-2-6-13-25)30(20-27)31(34)33(21-23-10-3-1-4-11-23)22-26-16-9-15-24-14-7-8-17-28(24)26/h1-20H,21-22H2. The third-order valence-electron chi connectivity index (χ3n) is 6.04. The Labute approximate surface area is 205 Å². The molecule has 1 amide bonds. The number of nitrogens with zero attached hydrogens (tertiary/aromatic N) is 1. The average Bonchev–Trinajstić information content (AvgIpc) is 2.89. The van der Waals surface area contributed by atoms with Gasteiger partial charge in [0.2, 0.25) is 0 Å². The first kappa shape index (κ1) is 21.9. The maximum Gasteiger partial charge on any atom is 0.255 e. The fourth-order valence-corrected chi connectivity index (χ4v) is 4.54. The van der Waals surface area contributed by atoms with Gasteiger partial charge in [-0.05, 0) is 45.2 Å². The quantitative estimate of drug-likeness (QED) is 0.251. The van der Waals surface area contributed by atoms with Crippen LogP contribution in [0.3, 0.4) is 0 Å². The molecule has 0 atom stereocenters. The Morgan fingerprint density at radius 1 is 0.676 bits per heavy atom. The monoisotopic (exact) mass is 461 g/mol. The zero-order valence-electron chi connectivity index (χ0n) is 18.7. The molecule has 0 N–H and O–H groups in total. The van der Waals surface area contributed by atoms with Crippen LogP contribution in [0.2, 0.25) is 5.02 Å². The van der Waals surface area contributed by atoms with Gasteiger partial charge >= 0.3 is 0 Å². The van der Waals surface area contributed by atoms with Gasteiger partial charge in [-0.2, -0.15) is 0 Å². The van der Waals surface area contributed by atoms with Crippen molar-refractivity contribution >= 4 is 28.3 Å². The van der Waals surface area contributed by atoms with E-state index in [1.54, 1.807) is 6.07 Å². The second kappa shape index (κ2) is 9.94. The molecule has 5 rings (SSSR count). The lowest BCUT2D eigenvalue weighted by molar-refractivity contribution is 0.0731. The number of benzene rings is 5. The van der Waals surface area contributed by atoms with Gasteiger partial charge in [0.05, 0.1) is 0 Å². The van der Waals surface area contributed by atoms with Crippen LogP contribution in [0, 0.1) is 0 Å². The summed E-state index contributed by atoms with van der Waals surface area (Å²) in [5.41, 5.74) is 4.68. The third kappa shape index (κ3) is 4.73. The van der Waals surface area contributed by atoms with Crippen molar-refractivity contribution in [3.63, 3.8) is 0 Å². The Morgan fingerprint density at radius 3 is 2.15 bits per heavy atom. The van der Waals surface area contributed by atoms with Crippen LogP contribution in [-0.4, -0.2) is 10.8 Å². The van der Waals surface area contributed by atoms with E-state index in [1.165, 1.54) is 5.39 Å². The highest BCUT2D eigenvalue weighted by Crippen LogP contribution is 2.29. The van der Waals surface area contributed by atoms with Crippen molar-refractivity contribution in [2.45, 2.75) is 13.1 Å². The highest BCUT2D eigenvalue weighted by Gasteiger charge is 2.21. The molecule has 166 valence electrons. The van der Waals surface area contributed by atoms with Crippen LogP contribution in [0.25, 0.3) is 21.9 Å². The van der Waals surface area contributed by atoms with Crippen LogP contribution < -0.4 is 0 Å². The Morgan fingerprint density at radius 2 is 1.35 bits per heavy atom. The van der Waals surface area contributed by atoms with Gasteiger partial charge in [-0.3, -0.25) is 4.79 Å². The summed E-state index contributed by atoms with van der Waals surface area (Å²) < 4.78 is 0. The third-order valence-corrected chi connectivity index (χ3v) is 6.28. The maximum atomic E-state index is 14.1. The van der Waals surface area contributed by atoms with Gasteiger partial charge in [-0.15, -0.1) is 0 Å². The number of carbonyl (C=O) groups excluding carboxylic acids is 1. The van der Waals surface area contributed by atoms with Crippen LogP contribution in [-0.2, 0) is 13.1 Å². The predicted molar refractivity (Wildman–Crippen MR) is 141 cm³/mol. The summed E-state index contributed by atoms with van der Waals surface area (Å²) in [7, 11) is 0. The Bertz CT molecular complexity index is 1430. The van der Waals surface area contributed by atoms with E-state index in [4.69, 9.17) is 11.6 Å². The Hall–Kier alpha value is -3.88. The minimum atomic E-state index is -0.0434. The van der Waals surface area contributed by atoms with Crippen molar-refractivity contribution in [2.75, 3.05) is 0 Å². The first-order valence-corrected chi connectivity index (χ1v) is 11.7. The van der Waals surface area contributed by atoms with Gasteiger partial charge in [0.25, 0.3) is 5.91 Å². The minimum Gasteiger partial charge on any atom is -0.330 e. The summed E-state index contributed by atoms with van der Waals surface area (Å²) in [6, 6.07) is 40.2. The predicted octanol–water partition coefficient (Wildman–Crippen LogP) is 8.00. The summed E-state index contributed by atoms with van der Waals surface area (Å²) in [4.78, 5) is 16.0. The molecule has 0 aliphatic carbocycles. The number of halogens is 1. The number of carbonyl (C=O) groups is 1. The molecule has 0 fully saturated rings. The lowest BCUT2D eigenvalue weighted by atomic mass is 9.98. The van der Waals surface area contributed by atoms with Crippen molar-refractivity contribution in [3.8, 4) is 11.1 Å². The first-order valence-electron chi connectivity index (χ1n) is 11.3. The van der Waals surface area contributed by atoms with Crippen molar-refractivity contribution in [1.29, 1.82) is 0 Å². The second-order valence-electron chi connectivity index (χ2n) is 8.34. The molecule has 0 aliphatic heterocycles. The Balaban J connectivity index is 1.58. The van der Waals surface area contributed by atoms with Gasteiger partial charge in [0.1, 0.15) is 0 Å². The van der Waals surface area contributed by atoms with E-state index in [9.17, 15) is 4.79 Å². The number of hydrogen-bond donors (Lipinski definition) is 0. The average molecular weight is 462 g/mol. The molecule has 0 aliphatic rings. The molecule has 2 nitrogen and oxygen atoms in total.